The van der Waals surface area contributed by atoms with Crippen LogP contribution < -0.4 is 26.4 Å². The maximum atomic E-state index is 12.9. The van der Waals surface area contributed by atoms with E-state index in [1.807, 2.05) is 44.0 Å². The van der Waals surface area contributed by atoms with E-state index in [4.69, 9.17) is 10.5 Å². The summed E-state index contributed by atoms with van der Waals surface area (Å²) in [5.41, 5.74) is 10.1. The monoisotopic (exact) mass is 616 g/mol. The molecule has 10 nitrogen and oxygen atoms in total. The Morgan fingerprint density at radius 2 is 1.93 bits per heavy atom. The highest BCUT2D eigenvalue weighted by Crippen LogP contribution is 2.26. The van der Waals surface area contributed by atoms with Gasteiger partial charge in [-0.2, -0.15) is 0 Å². The summed E-state index contributed by atoms with van der Waals surface area (Å²) in [7, 11) is 3.51. The van der Waals surface area contributed by atoms with E-state index >= 15 is 0 Å². The van der Waals surface area contributed by atoms with Crippen LogP contribution in [0.5, 0.6) is 5.75 Å². The Balaban J connectivity index is 1.50. The second-order valence-corrected chi connectivity index (χ2v) is 11.1. The van der Waals surface area contributed by atoms with Crippen molar-refractivity contribution in [1.82, 2.24) is 20.4 Å². The van der Waals surface area contributed by atoms with Crippen molar-refractivity contribution in [2.75, 3.05) is 51.4 Å². The molecule has 0 unspecified atom stereocenters. The number of ether oxygens (including phenoxy) is 1. The lowest BCUT2D eigenvalue weighted by molar-refractivity contribution is -0.132. The standard InChI is InChI=1S/C29H41BrN6O4/c1-19(2)33-16-22-13-21(15-25(30)28(22)31)29(39)34-17-27(38)35-11-8-23(9-12-35)36(18-37)10-7-20-14-24(40-4)5-6-26(20)32-3/h5-6,13-15,18-19,23,32-33H,7-12,16-17,31H2,1-4H3,(H,34,39). The lowest BCUT2D eigenvalue weighted by Crippen LogP contribution is -2.49. The van der Waals surface area contributed by atoms with Crippen molar-refractivity contribution in [2.45, 2.75) is 51.7 Å². The SMILES string of the molecule is CNc1ccc(OC)cc1CCN(C=O)C1CCN(C(=O)CNC(=O)c2cc(Br)c(N)c(CNC(C)C)c2)CC1. The second-order valence-electron chi connectivity index (χ2n) is 10.2. The van der Waals surface area contributed by atoms with Gasteiger partial charge in [0, 0.05) is 61.0 Å². The van der Waals surface area contributed by atoms with Gasteiger partial charge in [0.05, 0.1) is 19.3 Å². The number of halogens is 1. The average Bonchev–Trinajstić information content (AvgIpc) is 2.96. The Labute approximate surface area is 245 Å². The third-order valence-electron chi connectivity index (χ3n) is 7.22. The van der Waals surface area contributed by atoms with E-state index in [0.717, 1.165) is 29.0 Å². The van der Waals surface area contributed by atoms with Gasteiger partial charge in [-0.05, 0) is 76.7 Å². The van der Waals surface area contributed by atoms with Gasteiger partial charge in [0.1, 0.15) is 5.75 Å². The second kappa shape index (κ2) is 14.9. The van der Waals surface area contributed by atoms with Crippen LogP contribution in [0.25, 0.3) is 0 Å². The van der Waals surface area contributed by atoms with E-state index in [9.17, 15) is 14.4 Å². The van der Waals surface area contributed by atoms with Gasteiger partial charge in [0.2, 0.25) is 12.3 Å². The first-order valence-corrected chi connectivity index (χ1v) is 14.4. The number of likely N-dealkylation sites (tertiary alicyclic amines) is 1. The van der Waals surface area contributed by atoms with Crippen molar-refractivity contribution in [3.8, 4) is 5.75 Å². The summed E-state index contributed by atoms with van der Waals surface area (Å²) in [6, 6.07) is 9.60. The minimum Gasteiger partial charge on any atom is -0.497 e. The molecule has 2 aromatic rings. The summed E-state index contributed by atoms with van der Waals surface area (Å²) >= 11 is 3.43. The first-order valence-electron chi connectivity index (χ1n) is 13.6. The lowest BCUT2D eigenvalue weighted by Gasteiger charge is -2.37. The fraction of sp³-hybridized carbons (Fsp3) is 0.483. The maximum absolute atomic E-state index is 12.9. The van der Waals surface area contributed by atoms with E-state index in [2.05, 4.69) is 31.9 Å². The molecule has 40 heavy (non-hydrogen) atoms. The van der Waals surface area contributed by atoms with Gasteiger partial charge >= 0.3 is 0 Å². The summed E-state index contributed by atoms with van der Waals surface area (Å²) in [5, 5.41) is 9.23. The van der Waals surface area contributed by atoms with E-state index < -0.39 is 0 Å². The van der Waals surface area contributed by atoms with Gasteiger partial charge in [-0.25, -0.2) is 0 Å². The van der Waals surface area contributed by atoms with E-state index in [1.54, 1.807) is 24.1 Å². The number of nitrogens with one attached hydrogen (secondary N) is 3. The Morgan fingerprint density at radius 3 is 2.55 bits per heavy atom. The Bertz CT molecular complexity index is 1180. The lowest BCUT2D eigenvalue weighted by atomic mass is 10.0. The zero-order valence-electron chi connectivity index (χ0n) is 23.8. The highest BCUT2D eigenvalue weighted by atomic mass is 79.9. The zero-order chi connectivity index (χ0) is 29.2. The molecule has 0 saturated carbocycles. The van der Waals surface area contributed by atoms with Crippen LogP contribution >= 0.6 is 15.9 Å². The van der Waals surface area contributed by atoms with Gasteiger partial charge in [-0.1, -0.05) is 13.8 Å². The predicted molar refractivity (Wildman–Crippen MR) is 161 cm³/mol. The topological polar surface area (TPSA) is 129 Å². The third-order valence-corrected chi connectivity index (χ3v) is 7.88. The molecule has 3 amide bonds. The summed E-state index contributed by atoms with van der Waals surface area (Å²) in [4.78, 5) is 41.2. The molecular weight excluding hydrogens is 576 g/mol. The van der Waals surface area contributed by atoms with Crippen LogP contribution in [0.4, 0.5) is 11.4 Å². The number of methoxy groups -OCH3 is 1. The van der Waals surface area contributed by atoms with Crippen LogP contribution in [-0.2, 0) is 22.6 Å². The highest BCUT2D eigenvalue weighted by Gasteiger charge is 2.26. The number of benzene rings is 2. The molecule has 0 bridgehead atoms. The van der Waals surface area contributed by atoms with Crippen LogP contribution in [0.3, 0.4) is 0 Å². The van der Waals surface area contributed by atoms with Crippen LogP contribution in [0.1, 0.15) is 48.2 Å². The quantitative estimate of drug-likeness (QED) is 0.201. The molecule has 5 N–H and O–H groups in total. The highest BCUT2D eigenvalue weighted by molar-refractivity contribution is 9.10. The number of nitrogens with zero attached hydrogens (tertiary/aromatic N) is 2. The fourth-order valence-electron chi connectivity index (χ4n) is 4.80. The molecular formula is C29H41BrN6O4. The van der Waals surface area contributed by atoms with Crippen LogP contribution in [0, 0.1) is 0 Å². The van der Waals surface area contributed by atoms with Crippen LogP contribution in [-0.4, -0.2) is 80.4 Å². The molecule has 2 aromatic carbocycles. The minimum absolute atomic E-state index is 0.0600. The molecule has 3 rings (SSSR count). The summed E-state index contributed by atoms with van der Waals surface area (Å²) in [6.45, 7) is 6.15. The van der Waals surface area contributed by atoms with Crippen molar-refractivity contribution in [2.24, 2.45) is 0 Å². The molecule has 11 heteroatoms. The first-order chi connectivity index (χ1) is 19.2. The number of hydrogen-bond donors (Lipinski definition) is 4. The number of rotatable bonds is 13. The van der Waals surface area contributed by atoms with Gasteiger partial charge in [0.25, 0.3) is 5.91 Å². The Kier molecular flexibility index (Phi) is 11.6. The van der Waals surface area contributed by atoms with Crippen molar-refractivity contribution in [3.05, 3.63) is 51.5 Å². The van der Waals surface area contributed by atoms with Gasteiger partial charge in [-0.15, -0.1) is 0 Å². The molecule has 218 valence electrons. The third kappa shape index (κ3) is 8.34. The number of hydrogen-bond acceptors (Lipinski definition) is 7. The molecule has 1 fully saturated rings. The first kappa shape index (κ1) is 31.2. The summed E-state index contributed by atoms with van der Waals surface area (Å²) in [6.07, 6.45) is 2.96. The number of carbonyl (C=O) groups excluding carboxylic acids is 3. The normalized spacial score (nSPS) is 13.7. The molecule has 0 atom stereocenters. The van der Waals surface area contributed by atoms with E-state index in [0.29, 0.717) is 61.2 Å². The molecule has 0 radical (unpaired) electrons. The van der Waals surface area contributed by atoms with Crippen molar-refractivity contribution >= 4 is 45.5 Å². The van der Waals surface area contributed by atoms with Crippen LogP contribution in [0.15, 0.2) is 34.8 Å². The van der Waals surface area contributed by atoms with E-state index in [-0.39, 0.29) is 30.4 Å². The van der Waals surface area contributed by atoms with Gasteiger partial charge in [0.15, 0.2) is 0 Å². The number of nitrogens with two attached hydrogens (primary N) is 1. The van der Waals surface area contributed by atoms with Crippen molar-refractivity contribution in [1.29, 1.82) is 0 Å². The van der Waals surface area contributed by atoms with Crippen molar-refractivity contribution in [3.63, 3.8) is 0 Å². The van der Waals surface area contributed by atoms with Gasteiger partial charge in [-0.3, -0.25) is 14.4 Å². The van der Waals surface area contributed by atoms with Gasteiger partial charge < -0.3 is 36.2 Å². The number of nitrogen functional groups attached to an aromatic ring is 1. The number of amides is 3. The Morgan fingerprint density at radius 1 is 1.20 bits per heavy atom. The maximum Gasteiger partial charge on any atom is 0.251 e. The van der Waals surface area contributed by atoms with Crippen LogP contribution in [0.2, 0.25) is 0 Å². The Hall–Kier alpha value is -3.31. The number of carbonyl (C=O) groups is 3. The average molecular weight is 618 g/mol. The van der Waals surface area contributed by atoms with Crippen molar-refractivity contribution < 1.29 is 19.1 Å². The molecule has 0 aliphatic carbocycles. The fourth-order valence-corrected chi connectivity index (χ4v) is 5.30. The molecule has 1 aliphatic rings. The molecule has 1 aliphatic heterocycles. The minimum atomic E-state index is -0.333. The zero-order valence-corrected chi connectivity index (χ0v) is 25.3. The molecule has 1 saturated heterocycles. The number of anilines is 2. The number of piperidine rings is 1. The molecule has 0 aromatic heterocycles. The summed E-state index contributed by atoms with van der Waals surface area (Å²) in [5.74, 6) is 0.300. The summed E-state index contributed by atoms with van der Waals surface area (Å²) < 4.78 is 5.99. The predicted octanol–water partition coefficient (Wildman–Crippen LogP) is 3.00. The largest absolute Gasteiger partial charge is 0.497 e. The smallest absolute Gasteiger partial charge is 0.251 e. The molecule has 1 heterocycles. The molecule has 0 spiro atoms. The van der Waals surface area contributed by atoms with E-state index in [1.165, 1.54) is 0 Å².